The number of phenols is 1. The molecule has 2 aromatic carbocycles. The number of halogens is 2. The van der Waals surface area contributed by atoms with Gasteiger partial charge in [0.05, 0.1) is 0 Å². The molecule has 0 aliphatic heterocycles. The van der Waals surface area contributed by atoms with Crippen LogP contribution in [0, 0.1) is 5.82 Å². The number of hydrogen-bond donors (Lipinski definition) is 1. The lowest BCUT2D eigenvalue weighted by Gasteiger charge is -2.07. The molecule has 0 fully saturated rings. The van der Waals surface area contributed by atoms with Gasteiger partial charge in [0.2, 0.25) is 0 Å². The number of hydrogen-bond acceptors (Lipinski definition) is 2. The van der Waals surface area contributed by atoms with E-state index in [1.807, 2.05) is 0 Å². The minimum absolute atomic E-state index is 0.112. The molecular formula is C13H10ClFO2. The first-order chi connectivity index (χ1) is 8.15. The average Bonchev–Trinajstić information content (AvgIpc) is 2.30. The van der Waals surface area contributed by atoms with Crippen LogP contribution in [0.3, 0.4) is 0 Å². The summed E-state index contributed by atoms with van der Waals surface area (Å²) in [6, 6.07) is 10.7. The third kappa shape index (κ3) is 3.11. The van der Waals surface area contributed by atoms with E-state index in [9.17, 15) is 9.50 Å². The summed E-state index contributed by atoms with van der Waals surface area (Å²) in [5.41, 5.74) is 0.529. The smallest absolute Gasteiger partial charge is 0.126 e. The van der Waals surface area contributed by atoms with Gasteiger partial charge in [0, 0.05) is 16.7 Å². The minimum atomic E-state index is -0.474. The summed E-state index contributed by atoms with van der Waals surface area (Å²) in [7, 11) is 0. The van der Waals surface area contributed by atoms with Gasteiger partial charge >= 0.3 is 0 Å². The van der Waals surface area contributed by atoms with Gasteiger partial charge < -0.3 is 9.84 Å². The zero-order valence-corrected chi connectivity index (χ0v) is 9.62. The maximum atomic E-state index is 12.7. The molecule has 17 heavy (non-hydrogen) atoms. The van der Waals surface area contributed by atoms with Crippen molar-refractivity contribution in [1.29, 1.82) is 0 Å². The topological polar surface area (TPSA) is 29.5 Å². The first kappa shape index (κ1) is 11.7. The van der Waals surface area contributed by atoms with Crippen molar-refractivity contribution >= 4 is 11.6 Å². The molecule has 0 amide bonds. The van der Waals surface area contributed by atoms with Crippen LogP contribution in [0.2, 0.25) is 5.02 Å². The lowest BCUT2D eigenvalue weighted by atomic mass is 10.2. The molecule has 1 N–H and O–H groups in total. The van der Waals surface area contributed by atoms with Gasteiger partial charge in [-0.15, -0.1) is 0 Å². The van der Waals surface area contributed by atoms with Crippen LogP contribution in [0.15, 0.2) is 42.5 Å². The molecule has 0 atom stereocenters. The van der Waals surface area contributed by atoms with Crippen LogP contribution in [0.5, 0.6) is 11.5 Å². The Kier molecular flexibility index (Phi) is 3.49. The van der Waals surface area contributed by atoms with Crippen molar-refractivity contribution in [2.45, 2.75) is 6.61 Å². The molecule has 0 heterocycles. The molecule has 88 valence electrons. The Labute approximate surface area is 103 Å². The van der Waals surface area contributed by atoms with Crippen LogP contribution in [0.25, 0.3) is 0 Å². The number of rotatable bonds is 3. The van der Waals surface area contributed by atoms with Crippen molar-refractivity contribution in [2.75, 3.05) is 0 Å². The highest BCUT2D eigenvalue weighted by Gasteiger charge is 2.03. The molecule has 0 bridgehead atoms. The Balaban J connectivity index is 2.04. The van der Waals surface area contributed by atoms with Crippen molar-refractivity contribution in [1.82, 2.24) is 0 Å². The Morgan fingerprint density at radius 2 is 1.82 bits per heavy atom. The number of benzene rings is 2. The van der Waals surface area contributed by atoms with E-state index >= 15 is 0 Å². The zero-order chi connectivity index (χ0) is 12.3. The molecule has 2 aromatic rings. The number of aromatic hydroxyl groups is 1. The standard InChI is InChI=1S/C13H10ClFO2/c14-10-2-5-12(6-3-10)17-8-9-1-4-11(15)7-13(9)16/h1-7,16H,8H2. The van der Waals surface area contributed by atoms with Gasteiger partial charge in [0.1, 0.15) is 23.9 Å². The summed E-state index contributed by atoms with van der Waals surface area (Å²) in [5, 5.41) is 10.1. The van der Waals surface area contributed by atoms with Crippen molar-refractivity contribution in [3.05, 3.63) is 58.9 Å². The maximum absolute atomic E-state index is 12.7. The predicted molar refractivity (Wildman–Crippen MR) is 63.8 cm³/mol. The second-order valence-corrected chi connectivity index (χ2v) is 3.95. The zero-order valence-electron chi connectivity index (χ0n) is 8.86. The predicted octanol–water partition coefficient (Wildman–Crippen LogP) is 3.76. The highest BCUT2D eigenvalue weighted by atomic mass is 35.5. The van der Waals surface area contributed by atoms with Gasteiger partial charge in [0.25, 0.3) is 0 Å². The molecule has 4 heteroatoms. The fourth-order valence-corrected chi connectivity index (χ4v) is 1.48. The van der Waals surface area contributed by atoms with Crippen LogP contribution in [-0.2, 0) is 6.61 Å². The fourth-order valence-electron chi connectivity index (χ4n) is 1.35. The maximum Gasteiger partial charge on any atom is 0.126 e. The molecule has 0 aliphatic carbocycles. The molecule has 0 radical (unpaired) electrons. The van der Waals surface area contributed by atoms with E-state index < -0.39 is 5.82 Å². The van der Waals surface area contributed by atoms with E-state index in [4.69, 9.17) is 16.3 Å². The van der Waals surface area contributed by atoms with E-state index in [0.717, 1.165) is 6.07 Å². The summed E-state index contributed by atoms with van der Waals surface area (Å²) in [6.07, 6.45) is 0. The minimum Gasteiger partial charge on any atom is -0.507 e. The fraction of sp³-hybridized carbons (Fsp3) is 0.0769. The molecular weight excluding hydrogens is 243 g/mol. The molecule has 0 aromatic heterocycles. The van der Waals surface area contributed by atoms with Gasteiger partial charge in [-0.1, -0.05) is 11.6 Å². The number of ether oxygens (including phenoxy) is 1. The van der Waals surface area contributed by atoms with Gasteiger partial charge in [0.15, 0.2) is 0 Å². The SMILES string of the molecule is Oc1cc(F)ccc1COc1ccc(Cl)cc1. The van der Waals surface area contributed by atoms with Crippen LogP contribution >= 0.6 is 11.6 Å². The molecule has 2 rings (SSSR count). The normalized spacial score (nSPS) is 10.2. The second-order valence-electron chi connectivity index (χ2n) is 3.52. The largest absolute Gasteiger partial charge is 0.507 e. The molecule has 0 unspecified atom stereocenters. The quantitative estimate of drug-likeness (QED) is 0.901. The first-order valence-corrected chi connectivity index (χ1v) is 5.39. The summed E-state index contributed by atoms with van der Waals surface area (Å²) < 4.78 is 18.2. The molecule has 0 saturated heterocycles. The highest BCUT2D eigenvalue weighted by molar-refractivity contribution is 6.30. The molecule has 0 saturated carbocycles. The van der Waals surface area contributed by atoms with E-state index in [0.29, 0.717) is 16.3 Å². The van der Waals surface area contributed by atoms with Crippen LogP contribution in [-0.4, -0.2) is 5.11 Å². The second kappa shape index (κ2) is 5.06. The summed E-state index contributed by atoms with van der Waals surface area (Å²) >= 11 is 5.73. The van der Waals surface area contributed by atoms with Crippen LogP contribution in [0.4, 0.5) is 4.39 Å². The lowest BCUT2D eigenvalue weighted by Crippen LogP contribution is -1.96. The Hall–Kier alpha value is -1.74. The van der Waals surface area contributed by atoms with Crippen LogP contribution in [0.1, 0.15) is 5.56 Å². The van der Waals surface area contributed by atoms with E-state index in [2.05, 4.69) is 0 Å². The van der Waals surface area contributed by atoms with E-state index in [-0.39, 0.29) is 12.4 Å². The Morgan fingerprint density at radius 3 is 2.47 bits per heavy atom. The van der Waals surface area contributed by atoms with Gasteiger partial charge in [-0.05, 0) is 36.4 Å². The molecule has 2 nitrogen and oxygen atoms in total. The summed E-state index contributed by atoms with van der Waals surface area (Å²) in [5.74, 6) is 0.0508. The van der Waals surface area contributed by atoms with Crippen molar-refractivity contribution in [2.24, 2.45) is 0 Å². The van der Waals surface area contributed by atoms with Gasteiger partial charge in [-0.25, -0.2) is 4.39 Å². The Bertz CT molecular complexity index is 511. The lowest BCUT2D eigenvalue weighted by molar-refractivity contribution is 0.298. The molecule has 0 spiro atoms. The number of phenolic OH excluding ortho intramolecular Hbond substituents is 1. The van der Waals surface area contributed by atoms with Crippen molar-refractivity contribution in [3.63, 3.8) is 0 Å². The Morgan fingerprint density at radius 1 is 1.12 bits per heavy atom. The van der Waals surface area contributed by atoms with Gasteiger partial charge in [-0.3, -0.25) is 0 Å². The highest BCUT2D eigenvalue weighted by Crippen LogP contribution is 2.21. The van der Waals surface area contributed by atoms with E-state index in [1.165, 1.54) is 12.1 Å². The summed E-state index contributed by atoms with van der Waals surface area (Å²) in [4.78, 5) is 0. The van der Waals surface area contributed by atoms with Crippen molar-refractivity contribution in [3.8, 4) is 11.5 Å². The van der Waals surface area contributed by atoms with Crippen LogP contribution < -0.4 is 4.74 Å². The van der Waals surface area contributed by atoms with Gasteiger partial charge in [-0.2, -0.15) is 0 Å². The molecule has 0 aliphatic rings. The third-order valence-corrected chi connectivity index (χ3v) is 2.51. The third-order valence-electron chi connectivity index (χ3n) is 2.26. The summed E-state index contributed by atoms with van der Waals surface area (Å²) in [6.45, 7) is 0.174. The first-order valence-electron chi connectivity index (χ1n) is 5.01. The van der Waals surface area contributed by atoms with E-state index in [1.54, 1.807) is 24.3 Å². The van der Waals surface area contributed by atoms with Crippen molar-refractivity contribution < 1.29 is 14.2 Å². The monoisotopic (exact) mass is 252 g/mol. The average molecular weight is 253 g/mol.